The van der Waals surface area contributed by atoms with Gasteiger partial charge in [-0.05, 0) is 31.2 Å². The Kier molecular flexibility index (Phi) is 3.64. The summed E-state index contributed by atoms with van der Waals surface area (Å²) in [4.78, 5) is 12.9. The molecule has 0 atom stereocenters. The van der Waals surface area contributed by atoms with Crippen LogP contribution in [0.1, 0.15) is 21.5 Å². The molecule has 0 amide bonds. The quantitative estimate of drug-likeness (QED) is 0.579. The number of carbonyl (C=O) groups excluding carboxylic acids is 1. The van der Waals surface area contributed by atoms with Gasteiger partial charge >= 0.3 is 0 Å². The number of ketones is 1. The van der Waals surface area contributed by atoms with Crippen molar-refractivity contribution in [2.45, 2.75) is 6.92 Å². The Morgan fingerprint density at radius 3 is 2.67 bits per heavy atom. The van der Waals surface area contributed by atoms with Gasteiger partial charge < -0.3 is 4.57 Å². The first-order valence-electron chi connectivity index (χ1n) is 6.53. The average Bonchev–Trinajstić information content (AvgIpc) is 2.78. The number of aryl methyl sites for hydroxylation is 2. The highest BCUT2D eigenvalue weighted by Crippen LogP contribution is 2.28. The van der Waals surface area contributed by atoms with Crippen molar-refractivity contribution >= 4 is 44.2 Å². The first-order valence-corrected chi connectivity index (χ1v) is 7.70. The van der Waals surface area contributed by atoms with E-state index in [0.717, 1.165) is 20.9 Å². The van der Waals surface area contributed by atoms with Crippen LogP contribution in [0.15, 0.2) is 47.1 Å². The number of halogens is 2. The van der Waals surface area contributed by atoms with Crippen molar-refractivity contribution in [3.8, 4) is 0 Å². The van der Waals surface area contributed by atoms with Crippen LogP contribution in [0.5, 0.6) is 0 Å². The second kappa shape index (κ2) is 5.32. The van der Waals surface area contributed by atoms with E-state index in [1.807, 2.05) is 61.1 Å². The second-order valence-corrected chi connectivity index (χ2v) is 6.42. The van der Waals surface area contributed by atoms with Crippen molar-refractivity contribution in [2.75, 3.05) is 0 Å². The number of aromatic nitrogens is 1. The molecule has 0 saturated carbocycles. The molecule has 0 N–H and O–H groups in total. The second-order valence-electron chi connectivity index (χ2n) is 5.13. The van der Waals surface area contributed by atoms with Gasteiger partial charge in [0.1, 0.15) is 0 Å². The van der Waals surface area contributed by atoms with E-state index in [1.54, 1.807) is 0 Å². The summed E-state index contributed by atoms with van der Waals surface area (Å²) < 4.78 is 2.74. The fourth-order valence-electron chi connectivity index (χ4n) is 2.50. The summed E-state index contributed by atoms with van der Waals surface area (Å²) in [5.74, 6) is 0.0125. The summed E-state index contributed by atoms with van der Waals surface area (Å²) in [6, 6.07) is 11.4. The summed E-state index contributed by atoms with van der Waals surface area (Å²) in [5.41, 5.74) is 3.38. The lowest BCUT2D eigenvalue weighted by atomic mass is 10.0. The van der Waals surface area contributed by atoms with Gasteiger partial charge in [0.25, 0.3) is 0 Å². The molecule has 0 radical (unpaired) electrons. The molecular weight excluding hydrogens is 350 g/mol. The molecule has 106 valence electrons. The molecule has 21 heavy (non-hydrogen) atoms. The topological polar surface area (TPSA) is 22.0 Å². The molecule has 0 aliphatic heterocycles. The van der Waals surface area contributed by atoms with Crippen LogP contribution in [0.3, 0.4) is 0 Å². The van der Waals surface area contributed by atoms with Gasteiger partial charge in [0.15, 0.2) is 5.78 Å². The zero-order chi connectivity index (χ0) is 15.1. The molecule has 2 nitrogen and oxygen atoms in total. The van der Waals surface area contributed by atoms with Crippen LogP contribution >= 0.6 is 27.5 Å². The van der Waals surface area contributed by atoms with Crippen molar-refractivity contribution < 1.29 is 4.79 Å². The minimum Gasteiger partial charge on any atom is -0.350 e. The fraction of sp³-hybridized carbons (Fsp3) is 0.118. The van der Waals surface area contributed by atoms with Gasteiger partial charge in [0, 0.05) is 44.8 Å². The van der Waals surface area contributed by atoms with Crippen LogP contribution in [-0.2, 0) is 7.05 Å². The van der Waals surface area contributed by atoms with Gasteiger partial charge in [-0.3, -0.25) is 4.79 Å². The Morgan fingerprint density at radius 1 is 1.14 bits per heavy atom. The third-order valence-corrected chi connectivity index (χ3v) is 4.49. The molecular formula is C17H13BrClNO. The first kappa shape index (κ1) is 14.4. The van der Waals surface area contributed by atoms with E-state index in [4.69, 9.17) is 11.6 Å². The van der Waals surface area contributed by atoms with Crippen LogP contribution in [0, 0.1) is 6.92 Å². The maximum absolute atomic E-state index is 12.9. The number of carbonyl (C=O) groups is 1. The van der Waals surface area contributed by atoms with E-state index in [9.17, 15) is 4.79 Å². The molecule has 2 aromatic carbocycles. The van der Waals surface area contributed by atoms with Crippen LogP contribution in [-0.4, -0.2) is 10.4 Å². The first-order chi connectivity index (χ1) is 9.97. The van der Waals surface area contributed by atoms with Gasteiger partial charge in [0.05, 0.1) is 0 Å². The number of fused-ring (bicyclic) bond motifs is 1. The largest absolute Gasteiger partial charge is 0.350 e. The molecule has 0 aliphatic carbocycles. The predicted octanol–water partition coefficient (Wildman–Crippen LogP) is 5.13. The molecule has 3 aromatic rings. The predicted molar refractivity (Wildman–Crippen MR) is 90.2 cm³/mol. The maximum Gasteiger partial charge on any atom is 0.196 e. The molecule has 0 unspecified atom stereocenters. The highest BCUT2D eigenvalue weighted by atomic mass is 79.9. The Morgan fingerprint density at radius 2 is 1.90 bits per heavy atom. The minimum absolute atomic E-state index is 0.0125. The van der Waals surface area contributed by atoms with Crippen molar-refractivity contribution in [3.05, 3.63) is 68.8 Å². The summed E-state index contributed by atoms with van der Waals surface area (Å²) in [7, 11) is 1.92. The minimum atomic E-state index is 0.0125. The van der Waals surface area contributed by atoms with Gasteiger partial charge in [-0.15, -0.1) is 0 Å². The van der Waals surface area contributed by atoms with E-state index in [-0.39, 0.29) is 5.78 Å². The van der Waals surface area contributed by atoms with Crippen LogP contribution in [0.25, 0.3) is 10.9 Å². The lowest BCUT2D eigenvalue weighted by Crippen LogP contribution is -2.02. The summed E-state index contributed by atoms with van der Waals surface area (Å²) in [5, 5.41) is 1.58. The van der Waals surface area contributed by atoms with Crippen LogP contribution in [0.2, 0.25) is 5.02 Å². The van der Waals surface area contributed by atoms with Crippen LogP contribution < -0.4 is 0 Å². The number of hydrogen-bond acceptors (Lipinski definition) is 1. The Labute approximate surface area is 136 Å². The SMILES string of the molecule is Cc1ccc(Br)c(C(=O)c2cn(C)c3cc(Cl)ccc23)c1. The van der Waals surface area contributed by atoms with E-state index in [0.29, 0.717) is 16.1 Å². The number of hydrogen-bond donors (Lipinski definition) is 0. The average molecular weight is 363 g/mol. The number of nitrogens with zero attached hydrogens (tertiary/aromatic N) is 1. The summed E-state index contributed by atoms with van der Waals surface area (Å²) in [6.45, 7) is 1.98. The molecule has 0 bridgehead atoms. The zero-order valence-electron chi connectivity index (χ0n) is 11.7. The smallest absolute Gasteiger partial charge is 0.196 e. The van der Waals surface area contributed by atoms with E-state index in [2.05, 4.69) is 15.9 Å². The van der Waals surface area contributed by atoms with Gasteiger partial charge in [-0.25, -0.2) is 0 Å². The van der Waals surface area contributed by atoms with Crippen molar-refractivity contribution in [2.24, 2.45) is 7.05 Å². The number of benzene rings is 2. The Bertz CT molecular complexity index is 867. The Balaban J connectivity index is 2.21. The lowest BCUT2D eigenvalue weighted by Gasteiger charge is -2.04. The highest BCUT2D eigenvalue weighted by molar-refractivity contribution is 9.10. The lowest BCUT2D eigenvalue weighted by molar-refractivity contribution is 0.103. The van der Waals surface area contributed by atoms with Crippen molar-refractivity contribution in [3.63, 3.8) is 0 Å². The molecule has 1 heterocycles. The van der Waals surface area contributed by atoms with Gasteiger partial charge in [-0.1, -0.05) is 45.2 Å². The molecule has 0 spiro atoms. The fourth-order valence-corrected chi connectivity index (χ4v) is 3.09. The molecule has 0 saturated heterocycles. The zero-order valence-corrected chi connectivity index (χ0v) is 14.0. The third kappa shape index (κ3) is 2.52. The van der Waals surface area contributed by atoms with Crippen LogP contribution in [0.4, 0.5) is 0 Å². The molecule has 0 aliphatic rings. The van der Waals surface area contributed by atoms with E-state index in [1.165, 1.54) is 0 Å². The van der Waals surface area contributed by atoms with E-state index < -0.39 is 0 Å². The van der Waals surface area contributed by atoms with E-state index >= 15 is 0 Å². The summed E-state index contributed by atoms with van der Waals surface area (Å²) >= 11 is 9.50. The van der Waals surface area contributed by atoms with Crippen molar-refractivity contribution in [1.29, 1.82) is 0 Å². The normalized spacial score (nSPS) is 11.0. The van der Waals surface area contributed by atoms with Crippen molar-refractivity contribution in [1.82, 2.24) is 4.57 Å². The van der Waals surface area contributed by atoms with Gasteiger partial charge in [-0.2, -0.15) is 0 Å². The van der Waals surface area contributed by atoms with Gasteiger partial charge in [0.2, 0.25) is 0 Å². The molecule has 0 fully saturated rings. The highest BCUT2D eigenvalue weighted by Gasteiger charge is 2.18. The molecule has 3 rings (SSSR count). The summed E-state index contributed by atoms with van der Waals surface area (Å²) in [6.07, 6.45) is 1.86. The monoisotopic (exact) mass is 361 g/mol. The standard InChI is InChI=1S/C17H13BrClNO/c1-10-3-6-15(18)13(7-10)17(21)14-9-20(2)16-8-11(19)4-5-12(14)16/h3-9H,1-2H3. The maximum atomic E-state index is 12.9. The molecule has 1 aromatic heterocycles. The number of rotatable bonds is 2. The molecule has 4 heteroatoms. The Hall–Kier alpha value is -1.58. The third-order valence-electron chi connectivity index (χ3n) is 3.56.